The molecule has 0 unspecified atom stereocenters. The molecule has 1 fully saturated rings. The van der Waals surface area contributed by atoms with E-state index in [0.29, 0.717) is 0 Å². The Morgan fingerprint density at radius 3 is 2.52 bits per heavy atom. The first kappa shape index (κ1) is 14.0. The lowest BCUT2D eigenvalue weighted by atomic mass is 10.2. The van der Waals surface area contributed by atoms with E-state index in [1.807, 2.05) is 11.7 Å². The Balaban J connectivity index is 1.79. The lowest BCUT2D eigenvalue weighted by Gasteiger charge is -2.22. The van der Waals surface area contributed by atoms with Crippen LogP contribution in [0.5, 0.6) is 0 Å². The fourth-order valence-corrected chi connectivity index (χ4v) is 3.11. The van der Waals surface area contributed by atoms with Crippen LogP contribution in [-0.2, 0) is 13.6 Å². The molecule has 2 heterocycles. The molecule has 1 N–H and O–H groups in total. The van der Waals surface area contributed by atoms with Crippen molar-refractivity contribution in [2.75, 3.05) is 23.3 Å². The number of benzene rings is 1. The van der Waals surface area contributed by atoms with Crippen LogP contribution in [0.2, 0.25) is 0 Å². The summed E-state index contributed by atoms with van der Waals surface area (Å²) in [5.74, 6) is 0. The maximum atomic E-state index is 4.49. The summed E-state index contributed by atoms with van der Waals surface area (Å²) in [6.45, 7) is 7.38. The minimum absolute atomic E-state index is 0.830. The molecule has 0 atom stereocenters. The van der Waals surface area contributed by atoms with Crippen molar-refractivity contribution in [1.82, 2.24) is 9.78 Å². The summed E-state index contributed by atoms with van der Waals surface area (Å²) in [5.41, 5.74) is 6.20. The number of hydrogen-bond acceptors (Lipinski definition) is 3. The second-order valence-corrected chi connectivity index (χ2v) is 5.84. The fourth-order valence-electron chi connectivity index (χ4n) is 3.11. The summed E-state index contributed by atoms with van der Waals surface area (Å²) in [7, 11) is 2.00. The molecule has 0 saturated carbocycles. The molecule has 0 amide bonds. The molecule has 2 aromatic rings. The highest BCUT2D eigenvalue weighted by Gasteiger charge is 2.16. The van der Waals surface area contributed by atoms with Gasteiger partial charge in [0, 0.05) is 37.9 Å². The molecule has 1 aliphatic heterocycles. The number of anilines is 2. The molecule has 1 aromatic heterocycles. The molecule has 0 aliphatic carbocycles. The van der Waals surface area contributed by atoms with Gasteiger partial charge < -0.3 is 10.2 Å². The topological polar surface area (TPSA) is 33.1 Å². The van der Waals surface area contributed by atoms with Crippen molar-refractivity contribution in [2.24, 2.45) is 7.05 Å². The summed E-state index contributed by atoms with van der Waals surface area (Å²) in [6.07, 6.45) is 2.60. The Bertz CT molecular complexity index is 624. The summed E-state index contributed by atoms with van der Waals surface area (Å²) in [6, 6.07) is 8.62. The van der Waals surface area contributed by atoms with Crippen molar-refractivity contribution in [3.63, 3.8) is 0 Å². The molecular weight excluding hydrogens is 260 g/mol. The van der Waals surface area contributed by atoms with Crippen molar-refractivity contribution in [3.8, 4) is 0 Å². The zero-order valence-electron chi connectivity index (χ0n) is 13.2. The molecule has 3 rings (SSSR count). The highest BCUT2D eigenvalue weighted by Crippen LogP contribution is 2.29. The third-order valence-electron chi connectivity index (χ3n) is 4.47. The average Bonchev–Trinajstić information content (AvgIpc) is 3.08. The van der Waals surface area contributed by atoms with Crippen LogP contribution >= 0.6 is 0 Å². The number of rotatable bonds is 4. The second kappa shape index (κ2) is 5.80. The van der Waals surface area contributed by atoms with E-state index in [4.69, 9.17) is 0 Å². The highest BCUT2D eigenvalue weighted by molar-refractivity contribution is 5.70. The number of hydrogen-bond donors (Lipinski definition) is 1. The molecule has 112 valence electrons. The number of aromatic nitrogens is 2. The van der Waals surface area contributed by atoms with Crippen molar-refractivity contribution in [1.29, 1.82) is 0 Å². The van der Waals surface area contributed by atoms with Gasteiger partial charge in [-0.15, -0.1) is 0 Å². The van der Waals surface area contributed by atoms with Gasteiger partial charge in [-0.1, -0.05) is 12.1 Å². The van der Waals surface area contributed by atoms with Crippen LogP contribution in [-0.4, -0.2) is 22.9 Å². The van der Waals surface area contributed by atoms with Crippen molar-refractivity contribution in [3.05, 3.63) is 41.2 Å². The zero-order valence-corrected chi connectivity index (χ0v) is 13.2. The van der Waals surface area contributed by atoms with Crippen molar-refractivity contribution < 1.29 is 0 Å². The van der Waals surface area contributed by atoms with Gasteiger partial charge in [-0.05, 0) is 38.8 Å². The first-order valence-electron chi connectivity index (χ1n) is 7.73. The maximum Gasteiger partial charge on any atom is 0.0646 e. The lowest BCUT2D eigenvalue weighted by Crippen LogP contribution is -2.19. The summed E-state index contributed by atoms with van der Waals surface area (Å²) in [5, 5.41) is 8.10. The molecule has 1 aromatic carbocycles. The number of para-hydroxylation sites is 2. The van der Waals surface area contributed by atoms with Crippen LogP contribution in [0.25, 0.3) is 0 Å². The summed E-state index contributed by atoms with van der Waals surface area (Å²) >= 11 is 0. The SMILES string of the molecule is Cc1nn(C)c(C)c1CNc1ccccc1N1CCCC1. The van der Waals surface area contributed by atoms with Gasteiger partial charge in [0.1, 0.15) is 0 Å². The molecular formula is C17H24N4. The van der Waals surface area contributed by atoms with Gasteiger partial charge in [0.05, 0.1) is 17.1 Å². The second-order valence-electron chi connectivity index (χ2n) is 5.84. The summed E-state index contributed by atoms with van der Waals surface area (Å²) in [4.78, 5) is 2.48. The third-order valence-corrected chi connectivity index (χ3v) is 4.47. The van der Waals surface area contributed by atoms with Gasteiger partial charge in [-0.3, -0.25) is 4.68 Å². The fraction of sp³-hybridized carbons (Fsp3) is 0.471. The third kappa shape index (κ3) is 2.75. The Labute approximate surface area is 126 Å². The highest BCUT2D eigenvalue weighted by atomic mass is 15.3. The largest absolute Gasteiger partial charge is 0.379 e. The van der Waals surface area contributed by atoms with E-state index >= 15 is 0 Å². The Hall–Kier alpha value is -1.97. The minimum Gasteiger partial charge on any atom is -0.379 e. The predicted octanol–water partition coefficient (Wildman–Crippen LogP) is 3.25. The van der Waals surface area contributed by atoms with Gasteiger partial charge in [-0.25, -0.2) is 0 Å². The van der Waals surface area contributed by atoms with Crippen LogP contribution in [0.3, 0.4) is 0 Å². The molecule has 1 saturated heterocycles. The van der Waals surface area contributed by atoms with E-state index in [2.05, 4.69) is 53.4 Å². The van der Waals surface area contributed by atoms with Crippen LogP contribution in [0, 0.1) is 13.8 Å². The summed E-state index contributed by atoms with van der Waals surface area (Å²) < 4.78 is 1.96. The predicted molar refractivity (Wildman–Crippen MR) is 87.9 cm³/mol. The monoisotopic (exact) mass is 284 g/mol. The Kier molecular flexibility index (Phi) is 3.86. The van der Waals surface area contributed by atoms with Crippen LogP contribution in [0.1, 0.15) is 29.8 Å². The van der Waals surface area contributed by atoms with Crippen LogP contribution in [0.15, 0.2) is 24.3 Å². The van der Waals surface area contributed by atoms with Crippen LogP contribution < -0.4 is 10.2 Å². The van der Waals surface area contributed by atoms with Crippen molar-refractivity contribution in [2.45, 2.75) is 33.2 Å². The minimum atomic E-state index is 0.830. The maximum absolute atomic E-state index is 4.49. The van der Waals surface area contributed by atoms with E-state index < -0.39 is 0 Å². The molecule has 0 bridgehead atoms. The number of aryl methyl sites for hydroxylation is 2. The number of nitrogens with zero attached hydrogens (tertiary/aromatic N) is 3. The van der Waals surface area contributed by atoms with E-state index in [9.17, 15) is 0 Å². The Morgan fingerprint density at radius 2 is 1.86 bits per heavy atom. The lowest BCUT2D eigenvalue weighted by molar-refractivity contribution is 0.730. The van der Waals surface area contributed by atoms with E-state index in [1.54, 1.807) is 0 Å². The van der Waals surface area contributed by atoms with Gasteiger partial charge in [-0.2, -0.15) is 5.10 Å². The van der Waals surface area contributed by atoms with Gasteiger partial charge in [0.15, 0.2) is 0 Å². The average molecular weight is 284 g/mol. The first-order valence-corrected chi connectivity index (χ1v) is 7.73. The molecule has 4 heteroatoms. The quantitative estimate of drug-likeness (QED) is 0.935. The van der Waals surface area contributed by atoms with Crippen LogP contribution in [0.4, 0.5) is 11.4 Å². The molecule has 0 radical (unpaired) electrons. The number of nitrogens with one attached hydrogen (secondary N) is 1. The van der Waals surface area contributed by atoms with Gasteiger partial charge in [0.2, 0.25) is 0 Å². The van der Waals surface area contributed by atoms with E-state index in [-0.39, 0.29) is 0 Å². The zero-order chi connectivity index (χ0) is 14.8. The smallest absolute Gasteiger partial charge is 0.0646 e. The molecule has 0 spiro atoms. The van der Waals surface area contributed by atoms with Crippen molar-refractivity contribution >= 4 is 11.4 Å². The molecule has 1 aliphatic rings. The normalized spacial score (nSPS) is 14.7. The van der Waals surface area contributed by atoms with E-state index in [1.165, 1.54) is 48.6 Å². The van der Waals surface area contributed by atoms with Gasteiger partial charge >= 0.3 is 0 Å². The van der Waals surface area contributed by atoms with Gasteiger partial charge in [0.25, 0.3) is 0 Å². The van der Waals surface area contributed by atoms with E-state index in [0.717, 1.165) is 12.2 Å². The Morgan fingerprint density at radius 1 is 1.14 bits per heavy atom. The first-order chi connectivity index (χ1) is 10.2. The standard InChI is InChI=1S/C17H24N4/c1-13-15(14(2)20(3)19-13)12-18-16-8-4-5-9-17(16)21-10-6-7-11-21/h4-5,8-9,18H,6-7,10-12H2,1-3H3. The molecule has 4 nitrogen and oxygen atoms in total. The molecule has 21 heavy (non-hydrogen) atoms.